The Morgan fingerprint density at radius 2 is 1.77 bits per heavy atom. The molecule has 5 heteroatoms. The first-order valence-corrected chi connectivity index (χ1v) is 12.9. The third-order valence-electron chi connectivity index (χ3n) is 8.27. The summed E-state index contributed by atoms with van der Waals surface area (Å²) in [6.45, 7) is 14.0. The summed E-state index contributed by atoms with van der Waals surface area (Å²) in [5.41, 5.74) is 7.15. The van der Waals surface area contributed by atoms with Gasteiger partial charge in [-0.05, 0) is 85.4 Å². The fraction of sp³-hybridized carbons (Fsp3) is 0.400. The summed E-state index contributed by atoms with van der Waals surface area (Å²) in [6.07, 6.45) is 9.21. The Morgan fingerprint density at radius 3 is 2.54 bits per heavy atom. The van der Waals surface area contributed by atoms with Crippen LogP contribution in [0.5, 0.6) is 0 Å². The number of hydrogen-bond donors (Lipinski definition) is 0. The molecule has 2 aromatic carbocycles. The van der Waals surface area contributed by atoms with Crippen molar-refractivity contribution in [3.63, 3.8) is 0 Å². The molecule has 178 valence electrons. The predicted molar refractivity (Wildman–Crippen MR) is 144 cm³/mol. The van der Waals surface area contributed by atoms with E-state index in [0.717, 1.165) is 37.4 Å². The highest BCUT2D eigenvalue weighted by Gasteiger charge is 2.30. The molecule has 0 spiro atoms. The van der Waals surface area contributed by atoms with E-state index in [2.05, 4.69) is 69.7 Å². The zero-order valence-corrected chi connectivity index (χ0v) is 20.7. The second-order valence-electron chi connectivity index (χ2n) is 10.4. The Balaban J connectivity index is 1.12. The third-order valence-corrected chi connectivity index (χ3v) is 8.27. The molecule has 0 amide bonds. The van der Waals surface area contributed by atoms with Crippen LogP contribution >= 0.6 is 0 Å². The number of anilines is 1. The molecule has 0 radical (unpaired) electrons. The van der Waals surface area contributed by atoms with Gasteiger partial charge in [-0.25, -0.2) is 4.85 Å². The van der Waals surface area contributed by atoms with Crippen molar-refractivity contribution in [2.45, 2.75) is 44.6 Å². The molecule has 6 rings (SSSR count). The average Bonchev–Trinajstić information content (AvgIpc) is 3.24. The molecule has 0 bridgehead atoms. The van der Waals surface area contributed by atoms with Gasteiger partial charge in [0.25, 0.3) is 0 Å². The number of hydrogen-bond acceptors (Lipinski definition) is 3. The maximum absolute atomic E-state index is 7.41. The van der Waals surface area contributed by atoms with Crippen LogP contribution in [0.1, 0.15) is 42.7 Å². The number of aromatic nitrogens is 2. The van der Waals surface area contributed by atoms with Crippen LogP contribution in [0.25, 0.3) is 26.7 Å². The Kier molecular flexibility index (Phi) is 5.70. The van der Waals surface area contributed by atoms with Crippen LogP contribution in [0.4, 0.5) is 11.4 Å². The summed E-state index contributed by atoms with van der Waals surface area (Å²) in [6, 6.07) is 15.6. The molecule has 1 aliphatic heterocycles. The largest absolute Gasteiger partial charge is 0.367 e. The van der Waals surface area contributed by atoms with Crippen LogP contribution in [-0.2, 0) is 7.05 Å². The summed E-state index contributed by atoms with van der Waals surface area (Å²) >= 11 is 0. The molecule has 1 saturated heterocycles. The van der Waals surface area contributed by atoms with E-state index in [1.54, 1.807) is 0 Å². The van der Waals surface area contributed by atoms with Gasteiger partial charge >= 0.3 is 0 Å². The van der Waals surface area contributed by atoms with E-state index in [1.807, 2.05) is 18.3 Å². The van der Waals surface area contributed by atoms with Gasteiger partial charge in [0.05, 0.1) is 17.8 Å². The second-order valence-corrected chi connectivity index (χ2v) is 10.4. The lowest BCUT2D eigenvalue weighted by Crippen LogP contribution is -2.51. The van der Waals surface area contributed by atoms with Crippen LogP contribution in [0.2, 0.25) is 0 Å². The first kappa shape index (κ1) is 22.1. The number of rotatable bonds is 3. The summed E-state index contributed by atoms with van der Waals surface area (Å²) in [5.74, 6) is 0.599. The summed E-state index contributed by atoms with van der Waals surface area (Å²) in [7, 11) is 2.13. The van der Waals surface area contributed by atoms with Gasteiger partial charge in [-0.3, -0.25) is 9.88 Å². The van der Waals surface area contributed by atoms with E-state index >= 15 is 0 Å². The predicted octanol–water partition coefficient (Wildman–Crippen LogP) is 6.43. The maximum Gasteiger partial charge on any atom is 0.187 e. The SMILES string of the molecule is [C-]#[N+]c1ccc2c(c1)c(C1CCC(N3CCN(c4cc(C)cc5cccnc45)CC3)CC1)cn2C. The number of fused-ring (bicyclic) bond motifs is 2. The molecule has 0 atom stereocenters. The molecule has 0 N–H and O–H groups in total. The van der Waals surface area contributed by atoms with Crippen molar-refractivity contribution in [2.24, 2.45) is 7.05 Å². The van der Waals surface area contributed by atoms with Gasteiger partial charge in [-0.2, -0.15) is 0 Å². The quantitative estimate of drug-likeness (QED) is 0.328. The lowest BCUT2D eigenvalue weighted by Gasteiger charge is -2.43. The highest BCUT2D eigenvalue weighted by atomic mass is 15.3. The van der Waals surface area contributed by atoms with Gasteiger partial charge in [-0.15, -0.1) is 0 Å². The topological polar surface area (TPSA) is 28.7 Å². The molecule has 2 fully saturated rings. The van der Waals surface area contributed by atoms with Crippen LogP contribution in [0, 0.1) is 13.5 Å². The van der Waals surface area contributed by atoms with Crippen molar-refractivity contribution in [2.75, 3.05) is 31.1 Å². The zero-order valence-electron chi connectivity index (χ0n) is 20.7. The molecule has 1 saturated carbocycles. The molecular weight excluding hydrogens is 430 g/mol. The van der Waals surface area contributed by atoms with Crippen molar-refractivity contribution in [3.8, 4) is 0 Å². The fourth-order valence-corrected chi connectivity index (χ4v) is 6.45. The highest BCUT2D eigenvalue weighted by Crippen LogP contribution is 2.40. The fourth-order valence-electron chi connectivity index (χ4n) is 6.45. The molecule has 2 aromatic heterocycles. The summed E-state index contributed by atoms with van der Waals surface area (Å²) in [4.78, 5) is 13.6. The van der Waals surface area contributed by atoms with Gasteiger partial charge in [0.15, 0.2) is 5.69 Å². The minimum atomic E-state index is 0.599. The van der Waals surface area contributed by atoms with Crippen molar-refractivity contribution in [1.29, 1.82) is 0 Å². The van der Waals surface area contributed by atoms with E-state index in [1.165, 1.54) is 58.8 Å². The van der Waals surface area contributed by atoms with Gasteiger partial charge in [0.1, 0.15) is 0 Å². The molecule has 0 unspecified atom stereocenters. The lowest BCUT2D eigenvalue weighted by molar-refractivity contribution is 0.141. The van der Waals surface area contributed by atoms with E-state index < -0.39 is 0 Å². The number of benzene rings is 2. The Hall–Kier alpha value is -3.36. The third kappa shape index (κ3) is 4.06. The van der Waals surface area contributed by atoms with Crippen molar-refractivity contribution < 1.29 is 0 Å². The molecular formula is C30H33N5. The summed E-state index contributed by atoms with van der Waals surface area (Å²) in [5, 5.41) is 2.51. The van der Waals surface area contributed by atoms with Gasteiger partial charge in [0, 0.05) is 62.6 Å². The Labute approximate surface area is 207 Å². The normalized spacial score (nSPS) is 21.5. The summed E-state index contributed by atoms with van der Waals surface area (Å²) < 4.78 is 2.23. The van der Waals surface area contributed by atoms with E-state index in [0.29, 0.717) is 12.0 Å². The monoisotopic (exact) mass is 463 g/mol. The minimum absolute atomic E-state index is 0.599. The van der Waals surface area contributed by atoms with Crippen LogP contribution < -0.4 is 4.90 Å². The van der Waals surface area contributed by atoms with Crippen LogP contribution in [-0.4, -0.2) is 46.7 Å². The molecule has 35 heavy (non-hydrogen) atoms. The number of aryl methyl sites for hydroxylation is 2. The number of piperazine rings is 1. The lowest BCUT2D eigenvalue weighted by atomic mass is 9.81. The van der Waals surface area contributed by atoms with E-state index in [9.17, 15) is 0 Å². The zero-order chi connectivity index (χ0) is 23.9. The highest BCUT2D eigenvalue weighted by molar-refractivity contribution is 5.91. The van der Waals surface area contributed by atoms with Gasteiger partial charge < -0.3 is 9.47 Å². The minimum Gasteiger partial charge on any atom is -0.367 e. The number of pyridine rings is 1. The maximum atomic E-state index is 7.41. The van der Waals surface area contributed by atoms with E-state index in [4.69, 9.17) is 11.6 Å². The first-order chi connectivity index (χ1) is 17.1. The van der Waals surface area contributed by atoms with Crippen molar-refractivity contribution >= 4 is 33.2 Å². The van der Waals surface area contributed by atoms with Gasteiger partial charge in [0.2, 0.25) is 0 Å². The van der Waals surface area contributed by atoms with E-state index in [-0.39, 0.29) is 0 Å². The molecule has 1 aliphatic carbocycles. The van der Waals surface area contributed by atoms with Crippen molar-refractivity contribution in [3.05, 3.63) is 77.4 Å². The average molecular weight is 464 g/mol. The standard InChI is InChI=1S/C30H33N5/c1-21-17-23-5-4-12-32-30(23)29(18-21)35-15-13-34(14-16-35)25-9-6-22(7-10-25)27-20-33(3)28-11-8-24(31-2)19-26(27)28/h4-5,8,11-12,17-20,22,25H,6-7,9-10,13-16H2,1,3H3. The Morgan fingerprint density at radius 1 is 0.971 bits per heavy atom. The van der Waals surface area contributed by atoms with Crippen LogP contribution in [0.15, 0.2) is 54.9 Å². The molecule has 5 nitrogen and oxygen atoms in total. The number of nitrogens with zero attached hydrogens (tertiary/aromatic N) is 5. The smallest absolute Gasteiger partial charge is 0.187 e. The first-order valence-electron chi connectivity index (χ1n) is 12.9. The second kappa shape index (κ2) is 9.02. The van der Waals surface area contributed by atoms with Crippen LogP contribution in [0.3, 0.4) is 0 Å². The molecule has 3 heterocycles. The Bertz CT molecular complexity index is 1410. The molecule has 2 aliphatic rings. The molecule has 4 aromatic rings. The van der Waals surface area contributed by atoms with Crippen molar-refractivity contribution in [1.82, 2.24) is 14.5 Å². The van der Waals surface area contributed by atoms with Gasteiger partial charge in [-0.1, -0.05) is 12.1 Å².